The Morgan fingerprint density at radius 2 is 1.87 bits per heavy atom. The summed E-state index contributed by atoms with van der Waals surface area (Å²) in [4.78, 5) is 23.5. The van der Waals surface area contributed by atoms with Crippen molar-refractivity contribution in [3.63, 3.8) is 0 Å². The van der Waals surface area contributed by atoms with E-state index in [2.05, 4.69) is 15.1 Å². The lowest BCUT2D eigenvalue weighted by molar-refractivity contribution is -0.143. The second-order valence-corrected chi connectivity index (χ2v) is 10.5. The number of alkyl halides is 3. The van der Waals surface area contributed by atoms with Crippen LogP contribution in [0.5, 0.6) is 0 Å². The molecular weight excluding hydrogens is 499 g/mol. The number of pyridine rings is 1. The molecule has 0 spiro atoms. The van der Waals surface area contributed by atoms with Crippen LogP contribution in [0.2, 0.25) is 0 Å². The first-order chi connectivity index (χ1) is 18.1. The van der Waals surface area contributed by atoms with Crippen LogP contribution in [0.15, 0.2) is 30.3 Å². The number of hydrogen-bond donors (Lipinski definition) is 2. The molecule has 3 atom stereocenters. The number of likely N-dealkylation sites (tertiary alicyclic amines) is 1. The molecule has 3 saturated heterocycles. The number of halogens is 3. The normalized spacial score (nSPS) is 23.9. The predicted molar refractivity (Wildman–Crippen MR) is 140 cm³/mol. The highest BCUT2D eigenvalue weighted by atomic mass is 19.4. The third-order valence-electron chi connectivity index (χ3n) is 7.75. The maximum Gasteiger partial charge on any atom is 0.389 e. The van der Waals surface area contributed by atoms with E-state index in [1.807, 2.05) is 38.1 Å². The van der Waals surface area contributed by atoms with Gasteiger partial charge in [-0.2, -0.15) is 13.2 Å². The maximum atomic E-state index is 12.9. The van der Waals surface area contributed by atoms with E-state index >= 15 is 0 Å². The van der Waals surface area contributed by atoms with Gasteiger partial charge in [0.1, 0.15) is 11.6 Å². The second-order valence-electron chi connectivity index (χ2n) is 10.5. The van der Waals surface area contributed by atoms with Crippen molar-refractivity contribution in [2.75, 3.05) is 61.1 Å². The van der Waals surface area contributed by atoms with Gasteiger partial charge in [-0.05, 0) is 67.1 Å². The summed E-state index contributed by atoms with van der Waals surface area (Å²) in [5.74, 6) is 1.05. The largest absolute Gasteiger partial charge is 0.389 e. The molecule has 0 bridgehead atoms. The predicted octanol–water partition coefficient (Wildman–Crippen LogP) is 4.27. The Labute approximate surface area is 220 Å². The van der Waals surface area contributed by atoms with Crippen LogP contribution < -0.4 is 15.1 Å². The number of aryl methyl sites for hydroxylation is 1. The number of urea groups is 1. The van der Waals surface area contributed by atoms with Crippen molar-refractivity contribution >= 4 is 23.4 Å². The third-order valence-corrected chi connectivity index (χ3v) is 7.75. The van der Waals surface area contributed by atoms with E-state index < -0.39 is 30.7 Å². The fourth-order valence-electron chi connectivity index (χ4n) is 5.38. The quantitative estimate of drug-likeness (QED) is 0.598. The zero-order valence-corrected chi connectivity index (χ0v) is 21.7. The molecular formula is C27H34F3N5O3. The average molecular weight is 534 g/mol. The number of hydrogen-bond acceptors (Lipinski definition) is 6. The van der Waals surface area contributed by atoms with Crippen LogP contribution in [0.3, 0.4) is 0 Å². The molecule has 8 nitrogen and oxygen atoms in total. The number of aromatic nitrogens is 1. The molecule has 0 saturated carbocycles. The first-order valence-electron chi connectivity index (χ1n) is 13.1. The molecule has 11 heteroatoms. The van der Waals surface area contributed by atoms with Crippen LogP contribution in [0.4, 0.5) is 35.3 Å². The van der Waals surface area contributed by atoms with Crippen LogP contribution >= 0.6 is 0 Å². The lowest BCUT2D eigenvalue weighted by Crippen LogP contribution is -2.59. The Hall–Kier alpha value is -3.05. The Morgan fingerprint density at radius 1 is 1.13 bits per heavy atom. The second kappa shape index (κ2) is 10.6. The number of β-amino-alcohol motifs (C(OH)–C–C–N with tert-alkyl or cyclic N) is 1. The van der Waals surface area contributed by atoms with Crippen molar-refractivity contribution in [3.05, 3.63) is 35.9 Å². The van der Waals surface area contributed by atoms with Crippen LogP contribution in [0.25, 0.3) is 11.1 Å². The van der Waals surface area contributed by atoms with Gasteiger partial charge in [0.05, 0.1) is 25.4 Å². The molecule has 3 aliphatic heterocycles. The van der Waals surface area contributed by atoms with Crippen LogP contribution in [0, 0.1) is 12.8 Å². The number of morpholine rings is 1. The number of benzene rings is 1. The minimum absolute atomic E-state index is 0.0383. The minimum Gasteiger partial charge on any atom is -0.389 e. The Kier molecular flexibility index (Phi) is 7.41. The SMILES string of the molecule is Cc1ccc(NC(=O)N2CC[C@@H](CC(F)(F)F)C2)cc1-c1cc(N2CCOCC2)nc(N2C[C@H](O)[C@@H]2C)c1. The van der Waals surface area contributed by atoms with Gasteiger partial charge >= 0.3 is 12.2 Å². The number of carbonyl (C=O) groups excluding carboxylic acids is 1. The number of amides is 2. The molecule has 2 N–H and O–H groups in total. The fraction of sp³-hybridized carbons (Fsp3) is 0.556. The molecule has 0 unspecified atom stereocenters. The fourth-order valence-corrected chi connectivity index (χ4v) is 5.38. The van der Waals surface area contributed by atoms with Crippen molar-refractivity contribution in [3.8, 4) is 11.1 Å². The molecule has 0 radical (unpaired) electrons. The van der Waals surface area contributed by atoms with E-state index in [0.29, 0.717) is 38.4 Å². The highest BCUT2D eigenvalue weighted by molar-refractivity contribution is 5.91. The van der Waals surface area contributed by atoms with Gasteiger partial charge in [0, 0.05) is 44.8 Å². The minimum atomic E-state index is -4.22. The molecule has 5 rings (SSSR count). The molecule has 2 amide bonds. The van der Waals surface area contributed by atoms with Crippen LogP contribution in [-0.2, 0) is 4.74 Å². The number of aliphatic hydroxyl groups excluding tert-OH is 1. The first kappa shape index (κ1) is 26.6. The summed E-state index contributed by atoms with van der Waals surface area (Å²) in [7, 11) is 0. The van der Waals surface area contributed by atoms with Gasteiger partial charge < -0.3 is 29.9 Å². The summed E-state index contributed by atoms with van der Waals surface area (Å²) in [6.45, 7) is 7.59. The summed E-state index contributed by atoms with van der Waals surface area (Å²) >= 11 is 0. The lowest BCUT2D eigenvalue weighted by Gasteiger charge is -2.44. The summed E-state index contributed by atoms with van der Waals surface area (Å²) < 4.78 is 43.8. The number of nitrogens with zero attached hydrogens (tertiary/aromatic N) is 4. The molecule has 3 fully saturated rings. The monoisotopic (exact) mass is 533 g/mol. The molecule has 1 aromatic heterocycles. The summed E-state index contributed by atoms with van der Waals surface area (Å²) in [6, 6.07) is 9.23. The first-order valence-corrected chi connectivity index (χ1v) is 13.1. The molecule has 1 aromatic carbocycles. The van der Waals surface area contributed by atoms with Gasteiger partial charge in [-0.3, -0.25) is 0 Å². The Balaban J connectivity index is 1.38. The van der Waals surface area contributed by atoms with Gasteiger partial charge in [-0.1, -0.05) is 6.07 Å². The van der Waals surface area contributed by atoms with Gasteiger partial charge in [-0.25, -0.2) is 9.78 Å². The number of carbonyl (C=O) groups is 1. The van der Waals surface area contributed by atoms with E-state index in [9.17, 15) is 23.1 Å². The zero-order chi connectivity index (χ0) is 27.0. The molecule has 2 aromatic rings. The topological polar surface area (TPSA) is 81.2 Å². The van der Waals surface area contributed by atoms with Crippen molar-refractivity contribution in [1.29, 1.82) is 0 Å². The highest BCUT2D eigenvalue weighted by Crippen LogP contribution is 2.35. The van der Waals surface area contributed by atoms with Gasteiger partial charge in [0.15, 0.2) is 0 Å². The van der Waals surface area contributed by atoms with Crippen LogP contribution in [-0.4, -0.2) is 85.3 Å². The molecule has 4 heterocycles. The van der Waals surface area contributed by atoms with E-state index in [1.165, 1.54) is 4.90 Å². The standard InChI is InChI=1S/C27H34F3N5O3/c1-17-3-4-21(31-26(37)34-6-5-19(15-34)14-27(28,29)30)13-22(17)20-11-24(33-7-9-38-10-8-33)32-25(12-20)35-16-23(36)18(35)2/h3-4,11-13,18-19,23,36H,5-10,14-16H2,1-2H3,(H,31,37)/t18-,19-,23-/m0/s1. The van der Waals surface area contributed by atoms with E-state index in [1.54, 1.807) is 6.07 Å². The maximum absolute atomic E-state index is 12.9. The van der Waals surface area contributed by atoms with Crippen LogP contribution in [0.1, 0.15) is 25.3 Å². The van der Waals surface area contributed by atoms with Crippen molar-refractivity contribution in [1.82, 2.24) is 9.88 Å². The van der Waals surface area contributed by atoms with Gasteiger partial charge in [-0.15, -0.1) is 0 Å². The van der Waals surface area contributed by atoms with E-state index in [4.69, 9.17) is 9.72 Å². The molecule has 0 aliphatic carbocycles. The number of aliphatic hydroxyl groups is 1. The number of nitrogens with one attached hydrogen (secondary N) is 1. The molecule has 38 heavy (non-hydrogen) atoms. The Morgan fingerprint density at radius 3 is 2.55 bits per heavy atom. The summed E-state index contributed by atoms with van der Waals surface area (Å²) in [5, 5.41) is 13.0. The number of rotatable bonds is 5. The smallest absolute Gasteiger partial charge is 0.389 e. The lowest BCUT2D eigenvalue weighted by atomic mass is 9.98. The average Bonchev–Trinajstić information content (AvgIpc) is 3.35. The van der Waals surface area contributed by atoms with Crippen molar-refractivity contribution in [2.45, 2.75) is 45.0 Å². The summed E-state index contributed by atoms with van der Waals surface area (Å²) in [5.41, 5.74) is 3.45. The van der Waals surface area contributed by atoms with E-state index in [-0.39, 0.29) is 12.6 Å². The summed E-state index contributed by atoms with van der Waals surface area (Å²) in [6.07, 6.45) is -5.14. The number of ether oxygens (including phenoxy) is 1. The molecule has 3 aliphatic rings. The van der Waals surface area contributed by atoms with Gasteiger partial charge in [0.2, 0.25) is 0 Å². The van der Waals surface area contributed by atoms with Crippen molar-refractivity contribution < 1.29 is 27.8 Å². The zero-order valence-electron chi connectivity index (χ0n) is 21.7. The third kappa shape index (κ3) is 5.83. The number of anilines is 3. The van der Waals surface area contributed by atoms with E-state index in [0.717, 1.165) is 41.4 Å². The Bertz CT molecular complexity index is 1150. The van der Waals surface area contributed by atoms with Crippen molar-refractivity contribution in [2.24, 2.45) is 5.92 Å². The highest BCUT2D eigenvalue weighted by Gasteiger charge is 2.37. The molecule has 206 valence electrons. The van der Waals surface area contributed by atoms with Gasteiger partial charge in [0.25, 0.3) is 0 Å².